The van der Waals surface area contributed by atoms with Crippen LogP contribution in [0, 0.1) is 17.3 Å². The summed E-state index contributed by atoms with van der Waals surface area (Å²) < 4.78 is 4.46. The number of rotatable bonds is 12. The second kappa shape index (κ2) is 11.0. The Balaban J connectivity index is 2.06. The highest BCUT2D eigenvalue weighted by molar-refractivity contribution is 8.02. The summed E-state index contributed by atoms with van der Waals surface area (Å²) in [6, 6.07) is -1.32. The van der Waals surface area contributed by atoms with Crippen LogP contribution in [0.2, 0.25) is 0 Å². The fraction of sp³-hybridized carbons (Fsp3) is 0.767. The molecule has 3 aliphatic heterocycles. The normalized spacial score (nSPS) is 31.2. The smallest absolute Gasteiger partial charge is 0.311 e. The Morgan fingerprint density at radius 1 is 1.24 bits per heavy atom. The molecule has 2 amide bonds. The fourth-order valence-electron chi connectivity index (χ4n) is 7.36. The summed E-state index contributed by atoms with van der Waals surface area (Å²) in [7, 11) is 0. The summed E-state index contributed by atoms with van der Waals surface area (Å²) in [6.07, 6.45) is 7.11. The molecule has 2 bridgehead atoms. The molecule has 7 nitrogen and oxygen atoms in total. The van der Waals surface area contributed by atoms with Crippen LogP contribution in [-0.2, 0) is 19.1 Å². The van der Waals surface area contributed by atoms with E-state index in [1.807, 2.05) is 11.8 Å². The van der Waals surface area contributed by atoms with Gasteiger partial charge in [-0.2, -0.15) is 0 Å². The number of carbonyl (C=O) groups is 3. The van der Waals surface area contributed by atoms with E-state index >= 15 is 0 Å². The number of fused-ring (bicyclic) bond motifs is 1. The molecule has 3 fully saturated rings. The van der Waals surface area contributed by atoms with Gasteiger partial charge in [-0.05, 0) is 65.2 Å². The van der Waals surface area contributed by atoms with Gasteiger partial charge in [0.2, 0.25) is 11.8 Å². The van der Waals surface area contributed by atoms with Crippen LogP contribution < -0.4 is 0 Å². The number of hydrogen-bond acceptors (Lipinski definition) is 6. The molecule has 1 spiro atoms. The summed E-state index contributed by atoms with van der Waals surface area (Å²) in [4.78, 5) is 45.7. The average molecular weight is 549 g/mol. The Labute approximate surface area is 233 Å². The topological polar surface area (TPSA) is 87.1 Å². The Bertz CT molecular complexity index is 959. The molecule has 2 unspecified atom stereocenters. The Kier molecular flexibility index (Phi) is 8.89. The molecular weight excluding hydrogens is 500 g/mol. The van der Waals surface area contributed by atoms with Crippen molar-refractivity contribution in [3.8, 4) is 0 Å². The Hall–Kier alpha value is -1.80. The van der Waals surface area contributed by atoms with E-state index < -0.39 is 39.0 Å². The largest absolute Gasteiger partial charge is 0.465 e. The number of unbranched alkanes of at least 4 members (excludes halogenated alkanes) is 1. The number of nitrogens with zero attached hydrogens (tertiary/aromatic N) is 2. The van der Waals surface area contributed by atoms with Crippen LogP contribution in [0.1, 0.15) is 80.6 Å². The highest BCUT2D eigenvalue weighted by Gasteiger charge is 2.78. The molecule has 0 aliphatic carbocycles. The quantitative estimate of drug-likeness (QED) is 0.218. The average Bonchev–Trinajstić information content (AvgIpc) is 3.38. The summed E-state index contributed by atoms with van der Waals surface area (Å²) in [5.74, 6) is -1.99. The lowest BCUT2D eigenvalue weighted by atomic mass is 9.66. The summed E-state index contributed by atoms with van der Waals surface area (Å²) >= 11 is 1.63. The zero-order valence-electron chi connectivity index (χ0n) is 24.4. The summed E-state index contributed by atoms with van der Waals surface area (Å²) in [5.41, 5.74) is -0.522. The standard InChI is InChI=1S/C30H48N2O5S/c1-10-12-13-17-37-26(36)22-21-24(34)32(20(3)18-33)23(30(21)15-14-29(22,9)38-30)25(35)31(16-11-2)28(7,8)19-27(4,5)6/h10-11,20-23,33H,1-2,12-19H2,3-9H3/t20-,21+,22-,23?,29+,30?/m1/s1. The second-order valence-electron chi connectivity index (χ2n) is 13.4. The molecule has 38 heavy (non-hydrogen) atoms. The second-order valence-corrected chi connectivity index (χ2v) is 15.3. The van der Waals surface area contributed by atoms with Crippen LogP contribution in [0.25, 0.3) is 0 Å². The molecule has 0 radical (unpaired) electrons. The van der Waals surface area contributed by atoms with Crippen LogP contribution >= 0.6 is 11.8 Å². The molecule has 8 heteroatoms. The van der Waals surface area contributed by atoms with Crippen molar-refractivity contribution in [1.82, 2.24) is 9.80 Å². The number of esters is 1. The van der Waals surface area contributed by atoms with E-state index in [0.717, 1.165) is 19.3 Å². The molecule has 1 N–H and O–H groups in total. The van der Waals surface area contributed by atoms with Gasteiger partial charge in [0.15, 0.2) is 0 Å². The Morgan fingerprint density at radius 2 is 1.89 bits per heavy atom. The molecule has 3 rings (SSSR count). The van der Waals surface area contributed by atoms with Crippen molar-refractivity contribution < 1.29 is 24.2 Å². The number of allylic oxidation sites excluding steroid dienone is 1. The third-order valence-electron chi connectivity index (χ3n) is 8.51. The van der Waals surface area contributed by atoms with Gasteiger partial charge in [0.1, 0.15) is 6.04 Å². The number of likely N-dealkylation sites (tertiary alicyclic amines) is 1. The zero-order valence-corrected chi connectivity index (χ0v) is 25.2. The molecular formula is C30H48N2O5S. The lowest BCUT2D eigenvalue weighted by molar-refractivity contribution is -0.156. The minimum atomic E-state index is -0.772. The minimum absolute atomic E-state index is 0.0257. The lowest BCUT2D eigenvalue weighted by Crippen LogP contribution is -2.61. The maximum absolute atomic E-state index is 14.7. The number of aliphatic hydroxyl groups excluding tert-OH is 1. The first-order valence-corrected chi connectivity index (χ1v) is 14.7. The minimum Gasteiger partial charge on any atom is -0.465 e. The molecule has 6 atom stereocenters. The highest BCUT2D eigenvalue weighted by Crippen LogP contribution is 2.71. The van der Waals surface area contributed by atoms with Crippen molar-refractivity contribution in [3.63, 3.8) is 0 Å². The van der Waals surface area contributed by atoms with E-state index in [1.54, 1.807) is 35.7 Å². The molecule has 214 valence electrons. The highest BCUT2D eigenvalue weighted by atomic mass is 32.2. The predicted octanol–water partition coefficient (Wildman–Crippen LogP) is 4.59. The number of aliphatic hydroxyl groups is 1. The first-order valence-electron chi connectivity index (χ1n) is 13.9. The summed E-state index contributed by atoms with van der Waals surface area (Å²) in [6.45, 7) is 22.4. The van der Waals surface area contributed by atoms with Crippen molar-refractivity contribution in [1.29, 1.82) is 0 Å². The number of amides is 2. The first-order chi connectivity index (χ1) is 17.6. The number of carbonyl (C=O) groups excluding carboxylic acids is 3. The van der Waals surface area contributed by atoms with Crippen molar-refractivity contribution in [3.05, 3.63) is 25.3 Å². The third-order valence-corrected chi connectivity index (χ3v) is 10.5. The van der Waals surface area contributed by atoms with E-state index in [9.17, 15) is 19.5 Å². The number of thioether (sulfide) groups is 1. The van der Waals surface area contributed by atoms with Crippen molar-refractivity contribution >= 4 is 29.5 Å². The maximum Gasteiger partial charge on any atom is 0.311 e. The lowest BCUT2D eigenvalue weighted by Gasteiger charge is -2.46. The number of ether oxygens (including phenoxy) is 1. The van der Waals surface area contributed by atoms with Crippen LogP contribution in [0.15, 0.2) is 25.3 Å². The van der Waals surface area contributed by atoms with Gasteiger partial charge in [0.05, 0.1) is 35.8 Å². The van der Waals surface area contributed by atoms with E-state index in [1.165, 1.54) is 0 Å². The van der Waals surface area contributed by atoms with E-state index in [-0.39, 0.29) is 36.4 Å². The fourth-order valence-corrected chi connectivity index (χ4v) is 9.68. The summed E-state index contributed by atoms with van der Waals surface area (Å²) in [5, 5.41) is 10.1. The zero-order chi connectivity index (χ0) is 28.7. The SMILES string of the molecule is C=CCCCOC(=O)[C@H]1[C@H]2C(=O)N([C@H](C)CO)C(C(=O)N(CC=C)C(C)(C)CC(C)(C)C)C23CC[C@]1(C)S3. The monoisotopic (exact) mass is 548 g/mol. The molecule has 0 aromatic carbocycles. The van der Waals surface area contributed by atoms with E-state index in [0.29, 0.717) is 19.4 Å². The van der Waals surface area contributed by atoms with Gasteiger partial charge in [0, 0.05) is 16.8 Å². The van der Waals surface area contributed by atoms with Crippen molar-refractivity contribution in [2.45, 2.75) is 108 Å². The van der Waals surface area contributed by atoms with E-state index in [2.05, 4.69) is 47.8 Å². The maximum atomic E-state index is 14.7. The Morgan fingerprint density at radius 3 is 2.45 bits per heavy atom. The van der Waals surface area contributed by atoms with Gasteiger partial charge in [-0.15, -0.1) is 24.9 Å². The van der Waals surface area contributed by atoms with Crippen molar-refractivity contribution in [2.75, 3.05) is 19.8 Å². The van der Waals surface area contributed by atoms with Gasteiger partial charge in [-0.3, -0.25) is 14.4 Å². The molecule has 0 aromatic heterocycles. The molecule has 3 saturated heterocycles. The molecule has 3 aliphatic rings. The van der Waals surface area contributed by atoms with Gasteiger partial charge >= 0.3 is 5.97 Å². The van der Waals surface area contributed by atoms with Gasteiger partial charge in [-0.1, -0.05) is 32.9 Å². The van der Waals surface area contributed by atoms with Crippen LogP contribution in [0.3, 0.4) is 0 Å². The van der Waals surface area contributed by atoms with Crippen LogP contribution in [-0.4, -0.2) is 79.6 Å². The van der Waals surface area contributed by atoms with Crippen LogP contribution in [0.5, 0.6) is 0 Å². The third kappa shape index (κ3) is 5.32. The number of hydrogen-bond donors (Lipinski definition) is 1. The van der Waals surface area contributed by atoms with Gasteiger partial charge < -0.3 is 19.6 Å². The van der Waals surface area contributed by atoms with Gasteiger partial charge in [-0.25, -0.2) is 0 Å². The predicted molar refractivity (Wildman–Crippen MR) is 153 cm³/mol. The van der Waals surface area contributed by atoms with Gasteiger partial charge in [0.25, 0.3) is 0 Å². The van der Waals surface area contributed by atoms with Crippen LogP contribution in [0.4, 0.5) is 0 Å². The van der Waals surface area contributed by atoms with Crippen molar-refractivity contribution in [2.24, 2.45) is 17.3 Å². The molecule has 0 saturated carbocycles. The van der Waals surface area contributed by atoms with E-state index in [4.69, 9.17) is 4.74 Å². The molecule has 0 aromatic rings. The molecule has 3 heterocycles. The first kappa shape index (κ1) is 30.7.